The van der Waals surface area contributed by atoms with Crippen LogP contribution >= 0.6 is 0 Å². The first-order valence-corrected chi connectivity index (χ1v) is 23.4. The maximum Gasteiger partial charge on any atom is 0.238 e. The fourth-order valence-electron chi connectivity index (χ4n) is 10.7. The van der Waals surface area contributed by atoms with E-state index in [1.165, 1.54) is 32.6 Å². The Morgan fingerprint density at radius 1 is 0.261 bits per heavy atom. The van der Waals surface area contributed by atoms with Gasteiger partial charge in [0.1, 0.15) is 0 Å². The Labute approximate surface area is 397 Å². The van der Waals surface area contributed by atoms with Crippen LogP contribution in [0.4, 0.5) is 0 Å². The predicted octanol–water partition coefficient (Wildman–Crippen LogP) is 15.8. The minimum atomic E-state index is 0.543. The van der Waals surface area contributed by atoms with Gasteiger partial charge < -0.3 is 9.13 Å². The zero-order chi connectivity index (χ0) is 45.4. The first-order valence-electron chi connectivity index (χ1n) is 23.4. The van der Waals surface area contributed by atoms with Crippen molar-refractivity contribution in [2.75, 3.05) is 0 Å². The molecule has 322 valence electrons. The van der Waals surface area contributed by atoms with E-state index >= 15 is 0 Å². The Balaban J connectivity index is 1.02. The molecule has 0 saturated heterocycles. The van der Waals surface area contributed by atoms with Gasteiger partial charge in [-0.2, -0.15) is 9.97 Å². The molecule has 14 rings (SSSR count). The van der Waals surface area contributed by atoms with Crippen LogP contribution < -0.4 is 0 Å². The molecule has 14 aromatic rings. The lowest BCUT2D eigenvalue weighted by Gasteiger charge is -2.17. The highest BCUT2D eigenvalue weighted by molar-refractivity contribution is 6.14. The third-order valence-electron chi connectivity index (χ3n) is 13.7. The van der Waals surface area contributed by atoms with E-state index in [4.69, 9.17) is 15.0 Å². The summed E-state index contributed by atoms with van der Waals surface area (Å²) in [5.41, 5.74) is 15.0. The lowest BCUT2D eigenvalue weighted by molar-refractivity contribution is 0.953. The largest absolute Gasteiger partial charge is 0.309 e. The highest BCUT2D eigenvalue weighted by atomic mass is 15.2. The van der Waals surface area contributed by atoms with Gasteiger partial charge in [-0.1, -0.05) is 194 Å². The van der Waals surface area contributed by atoms with Crippen molar-refractivity contribution in [2.45, 2.75) is 0 Å². The van der Waals surface area contributed by atoms with E-state index in [0.717, 1.165) is 77.6 Å². The molecule has 69 heavy (non-hydrogen) atoms. The molecule has 0 unspecified atom stereocenters. The van der Waals surface area contributed by atoms with Crippen LogP contribution in [0.15, 0.2) is 243 Å². The Hall–Kier alpha value is -9.39. The topological polar surface area (TPSA) is 53.5 Å². The molecule has 4 aromatic heterocycles. The molecule has 0 aliphatic carbocycles. The van der Waals surface area contributed by atoms with Gasteiger partial charge in [0.2, 0.25) is 5.95 Å². The lowest BCUT2D eigenvalue weighted by Crippen LogP contribution is -2.07. The van der Waals surface area contributed by atoms with E-state index in [-0.39, 0.29) is 0 Å². The Bertz CT molecular complexity index is 4210. The summed E-state index contributed by atoms with van der Waals surface area (Å²) in [6, 6.07) is 86.3. The highest BCUT2D eigenvalue weighted by Crippen LogP contribution is 2.41. The molecule has 4 heterocycles. The lowest BCUT2D eigenvalue weighted by atomic mass is 10.0. The third kappa shape index (κ3) is 6.16. The Morgan fingerprint density at radius 2 is 0.710 bits per heavy atom. The number of hydrogen-bond acceptors (Lipinski definition) is 3. The first-order chi connectivity index (χ1) is 34.2. The Kier molecular flexibility index (Phi) is 8.79. The summed E-state index contributed by atoms with van der Waals surface area (Å²) in [5, 5.41) is 7.12. The van der Waals surface area contributed by atoms with E-state index < -0.39 is 0 Å². The normalized spacial score (nSPS) is 11.8. The molecule has 0 saturated carbocycles. The number of nitrogens with zero attached hydrogens (tertiary/aromatic N) is 6. The molecule has 6 nitrogen and oxygen atoms in total. The average Bonchev–Trinajstić information content (AvgIpc) is 4.07. The zero-order valence-electron chi connectivity index (χ0n) is 37.3. The van der Waals surface area contributed by atoms with Crippen LogP contribution in [0.2, 0.25) is 0 Å². The van der Waals surface area contributed by atoms with Crippen molar-refractivity contribution in [1.82, 2.24) is 28.7 Å². The van der Waals surface area contributed by atoms with Crippen LogP contribution in [0.1, 0.15) is 0 Å². The van der Waals surface area contributed by atoms with Gasteiger partial charge in [0.05, 0.1) is 38.8 Å². The number of fused-ring (bicyclic) bond motifs is 9. The van der Waals surface area contributed by atoms with Crippen molar-refractivity contribution in [3.8, 4) is 62.4 Å². The van der Waals surface area contributed by atoms with Crippen LogP contribution in [0.25, 0.3) is 128 Å². The quantitative estimate of drug-likeness (QED) is 0.160. The van der Waals surface area contributed by atoms with Crippen molar-refractivity contribution in [2.24, 2.45) is 0 Å². The predicted molar refractivity (Wildman–Crippen MR) is 285 cm³/mol. The van der Waals surface area contributed by atoms with E-state index in [0.29, 0.717) is 17.6 Å². The van der Waals surface area contributed by atoms with Crippen LogP contribution in [0, 0.1) is 0 Å². The summed E-state index contributed by atoms with van der Waals surface area (Å²) in [6.45, 7) is 0. The van der Waals surface area contributed by atoms with Gasteiger partial charge in [0.25, 0.3) is 0 Å². The molecule has 0 atom stereocenters. The molecule has 6 heteroatoms. The smallest absolute Gasteiger partial charge is 0.238 e. The monoisotopic (exact) mass is 880 g/mol. The van der Waals surface area contributed by atoms with Gasteiger partial charge >= 0.3 is 0 Å². The SMILES string of the molecule is c1ccc(-c2nc(-c3ccc(-c4ccccc4)c(-n4c5ccccc5c5ccccc54)c3)nc(-n3c4ccccc4c4cccc(-c5cccc(-n6c7ccccc7c7ccccc76)c5)c43)n2)cc1. The molecule has 0 aliphatic heterocycles. The number of para-hydroxylation sites is 6. The number of aromatic nitrogens is 6. The summed E-state index contributed by atoms with van der Waals surface area (Å²) < 4.78 is 7.02. The van der Waals surface area contributed by atoms with E-state index in [2.05, 4.69) is 238 Å². The van der Waals surface area contributed by atoms with Crippen LogP contribution in [0.3, 0.4) is 0 Å². The van der Waals surface area contributed by atoms with Crippen molar-refractivity contribution in [3.63, 3.8) is 0 Å². The Morgan fingerprint density at radius 3 is 1.30 bits per heavy atom. The number of benzene rings is 10. The van der Waals surface area contributed by atoms with Gasteiger partial charge in [0.15, 0.2) is 11.6 Å². The van der Waals surface area contributed by atoms with Gasteiger partial charge in [-0.25, -0.2) is 4.98 Å². The summed E-state index contributed by atoms with van der Waals surface area (Å²) >= 11 is 0. The summed E-state index contributed by atoms with van der Waals surface area (Å²) in [4.78, 5) is 16.2. The summed E-state index contributed by atoms with van der Waals surface area (Å²) in [5.74, 6) is 1.72. The molecule has 10 aromatic carbocycles. The van der Waals surface area contributed by atoms with Gasteiger partial charge in [-0.15, -0.1) is 0 Å². The second-order valence-corrected chi connectivity index (χ2v) is 17.6. The average molecular weight is 881 g/mol. The standard InChI is InChI=1S/C63H40N6/c1-3-19-41(20-4-1)46-38-37-44(40-59(46)68-56-34-14-9-27-50(56)51-28-10-15-35-57(51)68)62-64-61(42-21-5-2-6-22-42)65-63(66-62)69-58-36-16-11-29-52(58)53-31-18-30-47(60(53)69)43-23-17-24-45(39-43)67-54-32-12-7-25-48(54)49-26-8-13-33-55(49)67/h1-40H. The van der Waals surface area contributed by atoms with Crippen molar-refractivity contribution in [1.29, 1.82) is 0 Å². The van der Waals surface area contributed by atoms with Crippen molar-refractivity contribution >= 4 is 65.4 Å². The summed E-state index contributed by atoms with van der Waals surface area (Å²) in [7, 11) is 0. The molecule has 0 N–H and O–H groups in total. The van der Waals surface area contributed by atoms with Gasteiger partial charge in [-0.05, 0) is 59.7 Å². The molecule has 0 amide bonds. The number of rotatable bonds is 7. The maximum atomic E-state index is 5.51. The number of hydrogen-bond donors (Lipinski definition) is 0. The van der Waals surface area contributed by atoms with Crippen molar-refractivity contribution in [3.05, 3.63) is 243 Å². The van der Waals surface area contributed by atoms with Crippen LogP contribution in [0.5, 0.6) is 0 Å². The zero-order valence-corrected chi connectivity index (χ0v) is 37.3. The molecule has 0 aliphatic rings. The molecular formula is C63H40N6. The molecule has 0 bridgehead atoms. The van der Waals surface area contributed by atoms with E-state index in [1.807, 2.05) is 18.2 Å². The van der Waals surface area contributed by atoms with Crippen LogP contribution in [-0.4, -0.2) is 28.7 Å². The first kappa shape index (κ1) is 38.8. The van der Waals surface area contributed by atoms with Gasteiger partial charge in [-0.3, -0.25) is 4.57 Å². The highest BCUT2D eigenvalue weighted by Gasteiger charge is 2.23. The third-order valence-corrected chi connectivity index (χ3v) is 13.7. The molecule has 0 spiro atoms. The van der Waals surface area contributed by atoms with Crippen LogP contribution in [-0.2, 0) is 0 Å². The minimum Gasteiger partial charge on any atom is -0.309 e. The van der Waals surface area contributed by atoms with E-state index in [9.17, 15) is 0 Å². The molecule has 0 fully saturated rings. The van der Waals surface area contributed by atoms with Crippen molar-refractivity contribution < 1.29 is 0 Å². The minimum absolute atomic E-state index is 0.543. The molecular weight excluding hydrogens is 841 g/mol. The van der Waals surface area contributed by atoms with E-state index in [1.54, 1.807) is 0 Å². The maximum absolute atomic E-state index is 5.51. The second kappa shape index (κ2) is 15.6. The fourth-order valence-corrected chi connectivity index (χ4v) is 10.7. The molecule has 0 radical (unpaired) electrons. The fraction of sp³-hybridized carbons (Fsp3) is 0. The van der Waals surface area contributed by atoms with Gasteiger partial charge in [0, 0.05) is 60.3 Å². The second-order valence-electron chi connectivity index (χ2n) is 17.6. The summed E-state index contributed by atoms with van der Waals surface area (Å²) in [6.07, 6.45) is 0.